The summed E-state index contributed by atoms with van der Waals surface area (Å²) in [6.45, 7) is 12.4. The highest BCUT2D eigenvalue weighted by atomic mass is 15.0. The van der Waals surface area contributed by atoms with Gasteiger partial charge in [-0.25, -0.2) is 0 Å². The maximum absolute atomic E-state index is 7.50. The molecule has 0 radical (unpaired) electrons. The Morgan fingerprint density at radius 3 is 2.19 bits per heavy atom. The van der Waals surface area contributed by atoms with Gasteiger partial charge in [-0.15, -0.1) is 0 Å². The van der Waals surface area contributed by atoms with Crippen LogP contribution in [-0.4, -0.2) is 37.1 Å². The van der Waals surface area contributed by atoms with Gasteiger partial charge in [0.1, 0.15) is 0 Å². The van der Waals surface area contributed by atoms with Gasteiger partial charge in [-0.1, -0.05) is 13.8 Å². The molecule has 0 saturated heterocycles. The molecule has 16 heavy (non-hydrogen) atoms. The van der Waals surface area contributed by atoms with Crippen LogP contribution >= 0.6 is 0 Å². The highest BCUT2D eigenvalue weighted by Crippen LogP contribution is 2.11. The normalized spacial score (nSPS) is 13.6. The Bertz CT molecular complexity index is 245. The van der Waals surface area contributed by atoms with Crippen LogP contribution in [0.15, 0.2) is 0 Å². The molecule has 0 aliphatic carbocycles. The zero-order valence-electron chi connectivity index (χ0n) is 11.2. The molecule has 0 aromatic carbocycles. The van der Waals surface area contributed by atoms with Gasteiger partial charge in [-0.05, 0) is 26.2 Å². The van der Waals surface area contributed by atoms with E-state index in [0.29, 0.717) is 18.0 Å². The summed E-state index contributed by atoms with van der Waals surface area (Å²) < 4.78 is 0. The summed E-state index contributed by atoms with van der Waals surface area (Å²) in [4.78, 5) is 0. The monoisotopic (exact) mass is 226 g/mol. The molecule has 4 nitrogen and oxygen atoms in total. The molecule has 0 saturated carbocycles. The van der Waals surface area contributed by atoms with Gasteiger partial charge >= 0.3 is 0 Å². The Hall–Kier alpha value is -0.740. The van der Waals surface area contributed by atoms with Crippen LogP contribution < -0.4 is 10.6 Å². The highest BCUT2D eigenvalue weighted by Gasteiger charge is 2.18. The number of hydrogen-bond donors (Lipinski definition) is 4. The summed E-state index contributed by atoms with van der Waals surface area (Å²) in [6.07, 6.45) is 0. The first-order chi connectivity index (χ1) is 7.24. The molecule has 0 aliphatic heterocycles. The summed E-state index contributed by atoms with van der Waals surface area (Å²) in [5, 5.41) is 21.4. The zero-order valence-corrected chi connectivity index (χ0v) is 11.2. The number of nitrogens with one attached hydrogen (secondary N) is 4. The standard InChI is InChI=1S/C12H26N4/c1-9(13)6-15-7-12(4,5)8-16-11(3)10(2)14/h11,13-16H,6-8H2,1-5H3/t11-/m1/s1. The van der Waals surface area contributed by atoms with Crippen LogP contribution in [0, 0.1) is 16.2 Å². The van der Waals surface area contributed by atoms with E-state index in [-0.39, 0.29) is 11.5 Å². The van der Waals surface area contributed by atoms with Crippen LogP contribution in [-0.2, 0) is 0 Å². The van der Waals surface area contributed by atoms with Crippen molar-refractivity contribution in [3.63, 3.8) is 0 Å². The lowest BCUT2D eigenvalue weighted by Crippen LogP contribution is -2.43. The Morgan fingerprint density at radius 2 is 1.75 bits per heavy atom. The average molecular weight is 226 g/mol. The molecular formula is C12H26N4. The second kappa shape index (κ2) is 6.76. The van der Waals surface area contributed by atoms with Gasteiger partial charge < -0.3 is 21.5 Å². The first-order valence-electron chi connectivity index (χ1n) is 5.78. The number of rotatable bonds is 8. The van der Waals surface area contributed by atoms with Crippen LogP contribution in [0.4, 0.5) is 0 Å². The van der Waals surface area contributed by atoms with E-state index >= 15 is 0 Å². The highest BCUT2D eigenvalue weighted by molar-refractivity contribution is 5.83. The van der Waals surface area contributed by atoms with E-state index in [0.717, 1.165) is 13.1 Å². The lowest BCUT2D eigenvalue weighted by atomic mass is 9.93. The molecule has 0 aliphatic rings. The lowest BCUT2D eigenvalue weighted by molar-refractivity contribution is 0.323. The van der Waals surface area contributed by atoms with Crippen LogP contribution in [0.25, 0.3) is 0 Å². The SMILES string of the molecule is CC(=N)CNCC(C)(C)CN[C@H](C)C(C)=N. The Morgan fingerprint density at radius 1 is 1.19 bits per heavy atom. The van der Waals surface area contributed by atoms with Gasteiger partial charge in [0.25, 0.3) is 0 Å². The molecule has 4 heteroatoms. The summed E-state index contributed by atoms with van der Waals surface area (Å²) in [5.74, 6) is 0. The molecule has 0 unspecified atom stereocenters. The summed E-state index contributed by atoms with van der Waals surface area (Å²) in [5.41, 5.74) is 1.46. The minimum Gasteiger partial charge on any atom is -0.311 e. The summed E-state index contributed by atoms with van der Waals surface area (Å²) >= 11 is 0. The first-order valence-corrected chi connectivity index (χ1v) is 5.78. The minimum absolute atomic E-state index is 0.138. The molecule has 0 fully saturated rings. The van der Waals surface area contributed by atoms with Crippen molar-refractivity contribution < 1.29 is 0 Å². The van der Waals surface area contributed by atoms with Crippen molar-refractivity contribution in [1.29, 1.82) is 10.8 Å². The number of hydrogen-bond acceptors (Lipinski definition) is 4. The largest absolute Gasteiger partial charge is 0.311 e. The van der Waals surface area contributed by atoms with Gasteiger partial charge in [0.15, 0.2) is 0 Å². The molecule has 0 bridgehead atoms. The lowest BCUT2D eigenvalue weighted by Gasteiger charge is -2.27. The fraction of sp³-hybridized carbons (Fsp3) is 0.833. The quantitative estimate of drug-likeness (QED) is 0.475. The van der Waals surface area contributed by atoms with E-state index in [1.165, 1.54) is 0 Å². The third-order valence-corrected chi connectivity index (χ3v) is 2.53. The zero-order chi connectivity index (χ0) is 12.8. The second-order valence-corrected chi connectivity index (χ2v) is 5.33. The van der Waals surface area contributed by atoms with Gasteiger partial charge in [0.2, 0.25) is 0 Å². The predicted molar refractivity (Wildman–Crippen MR) is 70.9 cm³/mol. The van der Waals surface area contributed by atoms with Crippen molar-refractivity contribution in [3.05, 3.63) is 0 Å². The maximum atomic E-state index is 7.50. The molecule has 0 spiro atoms. The van der Waals surface area contributed by atoms with Gasteiger partial charge in [0, 0.05) is 37.1 Å². The van der Waals surface area contributed by atoms with Crippen molar-refractivity contribution in [2.24, 2.45) is 5.41 Å². The fourth-order valence-corrected chi connectivity index (χ4v) is 1.23. The molecule has 4 N–H and O–H groups in total. The van der Waals surface area contributed by atoms with E-state index in [9.17, 15) is 0 Å². The van der Waals surface area contributed by atoms with Crippen LogP contribution in [0.1, 0.15) is 34.6 Å². The third-order valence-electron chi connectivity index (χ3n) is 2.53. The van der Waals surface area contributed by atoms with Crippen LogP contribution in [0.3, 0.4) is 0 Å². The van der Waals surface area contributed by atoms with E-state index in [4.69, 9.17) is 10.8 Å². The third kappa shape index (κ3) is 7.54. The topological polar surface area (TPSA) is 71.8 Å². The van der Waals surface area contributed by atoms with E-state index in [1.54, 1.807) is 6.92 Å². The van der Waals surface area contributed by atoms with Gasteiger partial charge in [-0.3, -0.25) is 0 Å². The first kappa shape index (κ1) is 15.3. The maximum Gasteiger partial charge on any atom is 0.0416 e. The molecule has 0 aromatic heterocycles. The average Bonchev–Trinajstić information content (AvgIpc) is 2.13. The van der Waals surface area contributed by atoms with E-state index < -0.39 is 0 Å². The predicted octanol–water partition coefficient (Wildman–Crippen LogP) is 1.66. The molecule has 0 heterocycles. The second-order valence-electron chi connectivity index (χ2n) is 5.33. The minimum atomic E-state index is 0.138. The molecule has 94 valence electrons. The molecule has 0 rings (SSSR count). The van der Waals surface area contributed by atoms with Gasteiger partial charge in [-0.2, -0.15) is 0 Å². The Labute approximate surface area is 99.2 Å². The molecule has 0 amide bonds. The van der Waals surface area contributed by atoms with Crippen molar-refractivity contribution in [1.82, 2.24) is 10.6 Å². The summed E-state index contributed by atoms with van der Waals surface area (Å²) in [7, 11) is 0. The van der Waals surface area contributed by atoms with Gasteiger partial charge in [0.05, 0.1) is 0 Å². The van der Waals surface area contributed by atoms with E-state index in [1.807, 2.05) is 13.8 Å². The molecule has 1 atom stereocenters. The molecular weight excluding hydrogens is 200 g/mol. The Balaban J connectivity index is 3.86. The van der Waals surface area contributed by atoms with Crippen LogP contribution in [0.5, 0.6) is 0 Å². The van der Waals surface area contributed by atoms with Crippen molar-refractivity contribution in [2.75, 3.05) is 19.6 Å². The smallest absolute Gasteiger partial charge is 0.0416 e. The van der Waals surface area contributed by atoms with Crippen molar-refractivity contribution in [3.8, 4) is 0 Å². The van der Waals surface area contributed by atoms with Crippen LogP contribution in [0.2, 0.25) is 0 Å². The molecule has 0 aromatic rings. The van der Waals surface area contributed by atoms with Crippen molar-refractivity contribution >= 4 is 11.4 Å². The van der Waals surface area contributed by atoms with E-state index in [2.05, 4.69) is 24.5 Å². The summed E-state index contributed by atoms with van der Waals surface area (Å²) in [6, 6.07) is 0.142. The fourth-order valence-electron chi connectivity index (χ4n) is 1.23. The Kier molecular flexibility index (Phi) is 6.45. The van der Waals surface area contributed by atoms with Crippen molar-refractivity contribution in [2.45, 2.75) is 40.7 Å².